The van der Waals surface area contributed by atoms with Gasteiger partial charge in [-0.15, -0.1) is 0 Å². The first-order valence-corrected chi connectivity index (χ1v) is 9.97. The fraction of sp³-hybridized carbons (Fsp3) is 0.700. The summed E-state index contributed by atoms with van der Waals surface area (Å²) in [5, 5.41) is 0. The third kappa shape index (κ3) is 7.19. The summed E-state index contributed by atoms with van der Waals surface area (Å²) in [6, 6.07) is 10.4. The van der Waals surface area contributed by atoms with Gasteiger partial charge in [-0.3, -0.25) is 0 Å². The SMILES string of the molecule is CCCCCCCC1CCC(COSc2ccccc2)CC1. The number of hydrogen-bond donors (Lipinski definition) is 0. The Hall–Kier alpha value is -0.470. The minimum Gasteiger partial charge on any atom is -0.310 e. The summed E-state index contributed by atoms with van der Waals surface area (Å²) in [6.45, 7) is 3.21. The molecule has 0 aliphatic heterocycles. The summed E-state index contributed by atoms with van der Waals surface area (Å²) >= 11 is 1.54. The van der Waals surface area contributed by atoms with E-state index >= 15 is 0 Å². The summed E-state index contributed by atoms with van der Waals surface area (Å²) in [7, 11) is 0. The normalized spacial score (nSPS) is 21.9. The van der Waals surface area contributed by atoms with Gasteiger partial charge >= 0.3 is 0 Å². The Bertz CT molecular complexity index is 371. The molecule has 0 saturated heterocycles. The van der Waals surface area contributed by atoms with Gasteiger partial charge in [0.1, 0.15) is 0 Å². The fourth-order valence-corrected chi connectivity index (χ4v) is 4.06. The minimum absolute atomic E-state index is 0.785. The van der Waals surface area contributed by atoms with Crippen LogP contribution in [0.3, 0.4) is 0 Å². The van der Waals surface area contributed by atoms with Crippen LogP contribution >= 0.6 is 12.0 Å². The molecule has 0 radical (unpaired) electrons. The first kappa shape index (κ1) is 17.9. The molecule has 1 fully saturated rings. The van der Waals surface area contributed by atoms with E-state index in [2.05, 4.69) is 31.2 Å². The second-order valence-corrected chi connectivity index (χ2v) is 7.64. The van der Waals surface area contributed by atoms with E-state index in [9.17, 15) is 0 Å². The molecule has 2 heteroatoms. The standard InChI is InChI=1S/C20H32OS/c1-2-3-4-5-7-10-18-13-15-19(16-14-18)17-21-22-20-11-8-6-9-12-20/h6,8-9,11-12,18-19H,2-5,7,10,13-17H2,1H3. The van der Waals surface area contributed by atoms with E-state index in [4.69, 9.17) is 4.18 Å². The number of hydrogen-bond acceptors (Lipinski definition) is 2. The van der Waals surface area contributed by atoms with Crippen molar-refractivity contribution in [3.05, 3.63) is 30.3 Å². The van der Waals surface area contributed by atoms with E-state index in [0.29, 0.717) is 0 Å². The Kier molecular flexibility index (Phi) is 9.04. The van der Waals surface area contributed by atoms with E-state index in [1.807, 2.05) is 6.07 Å². The van der Waals surface area contributed by atoms with Gasteiger partial charge in [0.25, 0.3) is 0 Å². The molecule has 0 amide bonds. The van der Waals surface area contributed by atoms with E-state index in [0.717, 1.165) is 18.4 Å². The van der Waals surface area contributed by atoms with Crippen molar-refractivity contribution in [3.63, 3.8) is 0 Å². The molecule has 2 rings (SSSR count). The van der Waals surface area contributed by atoms with Crippen LogP contribution in [-0.2, 0) is 4.18 Å². The number of benzene rings is 1. The minimum atomic E-state index is 0.785. The molecule has 1 saturated carbocycles. The monoisotopic (exact) mass is 320 g/mol. The molecule has 1 aromatic rings. The van der Waals surface area contributed by atoms with Crippen LogP contribution < -0.4 is 0 Å². The molecule has 1 nitrogen and oxygen atoms in total. The maximum absolute atomic E-state index is 5.84. The highest BCUT2D eigenvalue weighted by molar-refractivity contribution is 7.94. The molecule has 1 aliphatic rings. The second kappa shape index (κ2) is 11.1. The Morgan fingerprint density at radius 1 is 0.909 bits per heavy atom. The van der Waals surface area contributed by atoms with Crippen molar-refractivity contribution in [2.24, 2.45) is 11.8 Å². The van der Waals surface area contributed by atoms with Gasteiger partial charge in [0.15, 0.2) is 0 Å². The first-order chi connectivity index (χ1) is 10.9. The van der Waals surface area contributed by atoms with Crippen molar-refractivity contribution in [1.29, 1.82) is 0 Å². The number of unbranched alkanes of at least 4 members (excludes halogenated alkanes) is 4. The Morgan fingerprint density at radius 3 is 2.32 bits per heavy atom. The maximum atomic E-state index is 5.84. The van der Waals surface area contributed by atoms with Gasteiger partial charge in [0.2, 0.25) is 0 Å². The molecule has 22 heavy (non-hydrogen) atoms. The molecule has 0 bridgehead atoms. The van der Waals surface area contributed by atoms with E-state index < -0.39 is 0 Å². The summed E-state index contributed by atoms with van der Waals surface area (Å²) in [5.41, 5.74) is 0. The Labute approximate surface area is 141 Å². The van der Waals surface area contributed by atoms with Crippen LogP contribution in [0.4, 0.5) is 0 Å². The quantitative estimate of drug-likeness (QED) is 0.343. The van der Waals surface area contributed by atoms with Gasteiger partial charge in [-0.25, -0.2) is 0 Å². The lowest BCUT2D eigenvalue weighted by Crippen LogP contribution is -2.17. The lowest BCUT2D eigenvalue weighted by molar-refractivity contribution is 0.194. The van der Waals surface area contributed by atoms with Gasteiger partial charge in [-0.2, -0.15) is 0 Å². The van der Waals surface area contributed by atoms with Crippen molar-refractivity contribution in [2.75, 3.05) is 6.61 Å². The van der Waals surface area contributed by atoms with Gasteiger partial charge < -0.3 is 4.18 Å². The lowest BCUT2D eigenvalue weighted by Gasteiger charge is -2.28. The Morgan fingerprint density at radius 2 is 1.59 bits per heavy atom. The Balaban J connectivity index is 1.50. The molecule has 0 aromatic heterocycles. The van der Waals surface area contributed by atoms with Crippen molar-refractivity contribution >= 4 is 12.0 Å². The van der Waals surface area contributed by atoms with E-state index in [1.165, 1.54) is 81.1 Å². The van der Waals surface area contributed by atoms with Crippen molar-refractivity contribution < 1.29 is 4.18 Å². The van der Waals surface area contributed by atoms with Crippen LogP contribution in [0.15, 0.2) is 35.2 Å². The van der Waals surface area contributed by atoms with Crippen molar-refractivity contribution in [1.82, 2.24) is 0 Å². The highest BCUT2D eigenvalue weighted by Crippen LogP contribution is 2.33. The molecular weight excluding hydrogens is 288 g/mol. The first-order valence-electron chi connectivity index (χ1n) is 9.23. The van der Waals surface area contributed by atoms with Crippen LogP contribution in [0, 0.1) is 11.8 Å². The summed E-state index contributed by atoms with van der Waals surface area (Å²) in [6.07, 6.45) is 14.2. The van der Waals surface area contributed by atoms with Gasteiger partial charge in [0.05, 0.1) is 6.61 Å². The van der Waals surface area contributed by atoms with Crippen LogP contribution in [0.1, 0.15) is 71.1 Å². The molecular formula is C20H32OS. The van der Waals surface area contributed by atoms with Crippen LogP contribution in [0.2, 0.25) is 0 Å². The number of rotatable bonds is 10. The summed E-state index contributed by atoms with van der Waals surface area (Å²) in [4.78, 5) is 1.21. The fourth-order valence-electron chi connectivity index (χ4n) is 3.40. The van der Waals surface area contributed by atoms with Crippen LogP contribution in [-0.4, -0.2) is 6.61 Å². The molecule has 1 aliphatic carbocycles. The topological polar surface area (TPSA) is 9.23 Å². The molecule has 0 unspecified atom stereocenters. The predicted octanol–water partition coefficient (Wildman–Crippen LogP) is 6.88. The highest BCUT2D eigenvalue weighted by Gasteiger charge is 2.21. The van der Waals surface area contributed by atoms with Gasteiger partial charge in [-0.05, 0) is 36.8 Å². The molecule has 0 heterocycles. The van der Waals surface area contributed by atoms with Crippen molar-refractivity contribution in [3.8, 4) is 0 Å². The summed E-state index contributed by atoms with van der Waals surface area (Å²) < 4.78 is 5.84. The zero-order chi connectivity index (χ0) is 15.5. The van der Waals surface area contributed by atoms with E-state index in [1.54, 1.807) is 0 Å². The van der Waals surface area contributed by atoms with Gasteiger partial charge in [0, 0.05) is 16.9 Å². The van der Waals surface area contributed by atoms with Crippen LogP contribution in [0.25, 0.3) is 0 Å². The zero-order valence-electron chi connectivity index (χ0n) is 14.1. The average molecular weight is 321 g/mol. The molecule has 0 N–H and O–H groups in total. The smallest absolute Gasteiger partial charge is 0.0646 e. The van der Waals surface area contributed by atoms with Gasteiger partial charge in [-0.1, -0.05) is 76.5 Å². The van der Waals surface area contributed by atoms with E-state index in [-0.39, 0.29) is 0 Å². The highest BCUT2D eigenvalue weighted by atomic mass is 32.2. The van der Waals surface area contributed by atoms with Crippen molar-refractivity contribution in [2.45, 2.75) is 76.0 Å². The largest absolute Gasteiger partial charge is 0.310 e. The maximum Gasteiger partial charge on any atom is 0.0646 e. The molecule has 0 atom stereocenters. The average Bonchev–Trinajstić information content (AvgIpc) is 2.57. The van der Waals surface area contributed by atoms with Crippen LogP contribution in [0.5, 0.6) is 0 Å². The molecule has 1 aromatic carbocycles. The molecule has 124 valence electrons. The molecule has 0 spiro atoms. The third-order valence-corrected chi connectivity index (χ3v) is 5.60. The third-order valence-electron chi connectivity index (χ3n) is 4.88. The summed E-state index contributed by atoms with van der Waals surface area (Å²) in [5.74, 6) is 1.78. The zero-order valence-corrected chi connectivity index (χ0v) is 15.0. The predicted molar refractivity (Wildman–Crippen MR) is 97.1 cm³/mol. The second-order valence-electron chi connectivity index (χ2n) is 6.77. The lowest BCUT2D eigenvalue weighted by atomic mass is 9.80.